The number of aliphatic hydroxyl groups is 1. The van der Waals surface area contributed by atoms with E-state index in [0.29, 0.717) is 25.2 Å². The minimum absolute atomic E-state index is 0.0128. The lowest BCUT2D eigenvalue weighted by atomic mass is 9.43. The molecule has 0 aromatic heterocycles. The summed E-state index contributed by atoms with van der Waals surface area (Å²) >= 11 is 0. The molecule has 1 spiro atoms. The van der Waals surface area contributed by atoms with Crippen LogP contribution in [0.4, 0.5) is 0 Å². The maximum atomic E-state index is 13.8. The molecule has 7 atom stereocenters. The predicted octanol–water partition coefficient (Wildman–Crippen LogP) is 5.58. The number of allylic oxidation sites excluding steroid dienone is 2. The molecule has 2 saturated carbocycles. The smallest absolute Gasteiger partial charge is 0.314 e. The van der Waals surface area contributed by atoms with Crippen molar-refractivity contribution in [1.82, 2.24) is 0 Å². The van der Waals surface area contributed by atoms with Crippen LogP contribution >= 0.6 is 0 Å². The van der Waals surface area contributed by atoms with Gasteiger partial charge in [-0.2, -0.15) is 0 Å². The van der Waals surface area contributed by atoms with Crippen molar-refractivity contribution in [2.45, 2.75) is 118 Å². The van der Waals surface area contributed by atoms with Gasteiger partial charge in [0.1, 0.15) is 17.2 Å². The van der Waals surface area contributed by atoms with E-state index in [2.05, 4.69) is 27.7 Å². The van der Waals surface area contributed by atoms with E-state index < -0.39 is 22.3 Å². The maximum Gasteiger partial charge on any atom is 0.314 e. The summed E-state index contributed by atoms with van der Waals surface area (Å²) in [5.41, 5.74) is 0.148. The minimum Gasteiger partial charge on any atom is -0.458 e. The Morgan fingerprint density at radius 2 is 1.71 bits per heavy atom. The van der Waals surface area contributed by atoms with E-state index in [1.807, 2.05) is 20.8 Å². The zero-order valence-corrected chi connectivity index (χ0v) is 22.8. The minimum atomic E-state index is -1.05. The second-order valence-electron chi connectivity index (χ2n) is 14.2. The largest absolute Gasteiger partial charge is 0.458 e. The average Bonchev–Trinajstić information content (AvgIpc) is 3.11. The number of esters is 1. The fourth-order valence-electron chi connectivity index (χ4n) is 9.96. The highest BCUT2D eigenvalue weighted by atomic mass is 16.6. The Labute approximate surface area is 210 Å². The number of Topliss-reactive ketones (excluding diaryl/α,β-unsaturated/α-hetero) is 2. The molecule has 5 rings (SSSR count). The van der Waals surface area contributed by atoms with Gasteiger partial charge in [-0.05, 0) is 68.1 Å². The topological polar surface area (TPSA) is 80.7 Å². The van der Waals surface area contributed by atoms with Crippen LogP contribution in [0.5, 0.6) is 0 Å². The van der Waals surface area contributed by atoms with E-state index in [9.17, 15) is 19.5 Å². The molecule has 0 radical (unpaired) electrons. The Morgan fingerprint density at radius 1 is 1.03 bits per heavy atom. The van der Waals surface area contributed by atoms with Gasteiger partial charge in [0.2, 0.25) is 0 Å². The van der Waals surface area contributed by atoms with Crippen molar-refractivity contribution < 1.29 is 24.2 Å². The third kappa shape index (κ3) is 3.06. The summed E-state index contributed by atoms with van der Waals surface area (Å²) in [5.74, 6) is -0.0170. The van der Waals surface area contributed by atoms with Crippen molar-refractivity contribution >= 4 is 17.5 Å². The molecular weight excluding hydrogens is 440 g/mol. The van der Waals surface area contributed by atoms with Gasteiger partial charge in [0.15, 0.2) is 0 Å². The van der Waals surface area contributed by atoms with Gasteiger partial charge < -0.3 is 9.84 Å². The fraction of sp³-hybridized carbons (Fsp3) is 0.833. The highest BCUT2D eigenvalue weighted by Crippen LogP contribution is 2.74. The molecular formula is C30H44O5. The first-order chi connectivity index (χ1) is 16.1. The molecule has 5 aliphatic rings. The third-order valence-electron chi connectivity index (χ3n) is 11.4. The lowest BCUT2D eigenvalue weighted by molar-refractivity contribution is -0.159. The zero-order valence-electron chi connectivity index (χ0n) is 22.8. The van der Waals surface area contributed by atoms with E-state index in [-0.39, 0.29) is 46.8 Å². The molecule has 0 aromatic rings. The molecule has 1 heterocycles. The van der Waals surface area contributed by atoms with Gasteiger partial charge in [-0.25, -0.2) is 0 Å². The molecule has 5 nitrogen and oxygen atoms in total. The van der Waals surface area contributed by atoms with Crippen LogP contribution in [0.15, 0.2) is 11.1 Å². The van der Waals surface area contributed by atoms with Gasteiger partial charge in [-0.15, -0.1) is 0 Å². The summed E-state index contributed by atoms with van der Waals surface area (Å²) in [7, 11) is 0. The molecule has 1 saturated heterocycles. The summed E-state index contributed by atoms with van der Waals surface area (Å²) in [6, 6.07) is 0. The Morgan fingerprint density at radius 3 is 2.37 bits per heavy atom. The Kier molecular flexibility index (Phi) is 5.41. The molecule has 1 N–H and O–H groups in total. The Hall–Kier alpha value is -1.49. The zero-order chi connectivity index (χ0) is 25.8. The number of carbonyl (C=O) groups excluding carboxylic acids is 3. The first kappa shape index (κ1) is 25.2. The van der Waals surface area contributed by atoms with Crippen LogP contribution in [0.25, 0.3) is 0 Å². The highest BCUT2D eigenvalue weighted by molar-refractivity contribution is 6.00. The molecule has 194 valence electrons. The number of cyclic esters (lactones) is 1. The molecule has 35 heavy (non-hydrogen) atoms. The summed E-state index contributed by atoms with van der Waals surface area (Å²) in [6.45, 7) is 14.8. The van der Waals surface area contributed by atoms with Crippen molar-refractivity contribution in [3.8, 4) is 0 Å². The first-order valence-corrected chi connectivity index (χ1v) is 13.8. The summed E-state index contributed by atoms with van der Waals surface area (Å²) < 4.78 is 6.09. The predicted molar refractivity (Wildman–Crippen MR) is 133 cm³/mol. The van der Waals surface area contributed by atoms with Crippen LogP contribution in [-0.4, -0.2) is 34.3 Å². The van der Waals surface area contributed by atoms with Crippen LogP contribution in [0.3, 0.4) is 0 Å². The lowest BCUT2D eigenvalue weighted by Gasteiger charge is -2.61. The number of hydrogen-bond donors (Lipinski definition) is 1. The number of fused-ring (bicyclic) bond motifs is 3. The molecule has 7 unspecified atom stereocenters. The van der Waals surface area contributed by atoms with Crippen LogP contribution in [0.1, 0.15) is 106 Å². The van der Waals surface area contributed by atoms with Crippen molar-refractivity contribution in [2.75, 3.05) is 0 Å². The number of ether oxygens (including phenoxy) is 1. The second kappa shape index (κ2) is 7.52. The quantitative estimate of drug-likeness (QED) is 0.416. The van der Waals surface area contributed by atoms with E-state index in [1.165, 1.54) is 11.1 Å². The van der Waals surface area contributed by atoms with E-state index in [1.54, 1.807) is 0 Å². The molecule has 0 aromatic carbocycles. The molecule has 0 amide bonds. The van der Waals surface area contributed by atoms with Gasteiger partial charge in [-0.3, -0.25) is 14.4 Å². The van der Waals surface area contributed by atoms with E-state index in [0.717, 1.165) is 32.1 Å². The number of rotatable bonds is 4. The van der Waals surface area contributed by atoms with E-state index in [4.69, 9.17) is 4.74 Å². The molecule has 0 bridgehead atoms. The summed E-state index contributed by atoms with van der Waals surface area (Å²) in [4.78, 5) is 40.4. The number of carbonyl (C=O) groups is 3. The van der Waals surface area contributed by atoms with Gasteiger partial charge in [0.05, 0.1) is 17.4 Å². The monoisotopic (exact) mass is 484 g/mol. The number of hydrogen-bond acceptors (Lipinski definition) is 5. The Bertz CT molecular complexity index is 1020. The molecule has 3 fully saturated rings. The molecule has 4 aliphatic carbocycles. The second-order valence-corrected chi connectivity index (χ2v) is 14.2. The van der Waals surface area contributed by atoms with E-state index >= 15 is 0 Å². The third-order valence-corrected chi connectivity index (χ3v) is 11.4. The van der Waals surface area contributed by atoms with Crippen molar-refractivity contribution in [3.05, 3.63) is 11.1 Å². The van der Waals surface area contributed by atoms with Crippen molar-refractivity contribution in [1.29, 1.82) is 0 Å². The standard InChI is InChI=1S/C30H44O5/c1-17(2)14-18(31)15-29(7)24-21(32)16-28(6)20-8-9-22-26(3,4)23(33)11-12-27(22,5)19(20)10-13-30(24,28)25(34)35-29/h17,22-24,33H,8-16H2,1-7H3. The summed E-state index contributed by atoms with van der Waals surface area (Å²) in [5, 5.41) is 10.8. The van der Waals surface area contributed by atoms with Gasteiger partial charge in [0.25, 0.3) is 0 Å². The Balaban J connectivity index is 1.57. The van der Waals surface area contributed by atoms with Crippen LogP contribution in [0.2, 0.25) is 0 Å². The van der Waals surface area contributed by atoms with Crippen molar-refractivity contribution in [2.24, 2.45) is 39.4 Å². The number of aliphatic hydroxyl groups excluding tert-OH is 1. The van der Waals surface area contributed by atoms with Crippen LogP contribution < -0.4 is 0 Å². The SMILES string of the molecule is CC(C)CC(=O)CC1(C)OC(=O)C23CCC4=C(CCC5C4(C)CCC(O)C5(C)C)C2(C)CC(=O)C13. The molecule has 1 aliphatic heterocycles. The highest BCUT2D eigenvalue weighted by Gasteiger charge is 2.78. The normalized spacial score (nSPS) is 46.1. The summed E-state index contributed by atoms with van der Waals surface area (Å²) in [6.07, 6.45) is 5.66. The van der Waals surface area contributed by atoms with Gasteiger partial charge >= 0.3 is 5.97 Å². The first-order valence-electron chi connectivity index (χ1n) is 13.8. The lowest BCUT2D eigenvalue weighted by Crippen LogP contribution is -2.56. The fourth-order valence-corrected chi connectivity index (χ4v) is 9.96. The average molecular weight is 485 g/mol. The number of ketones is 2. The molecule has 5 heteroatoms. The van der Waals surface area contributed by atoms with Gasteiger partial charge in [0, 0.05) is 24.7 Å². The van der Waals surface area contributed by atoms with Crippen LogP contribution in [0, 0.1) is 39.4 Å². The van der Waals surface area contributed by atoms with Crippen molar-refractivity contribution in [3.63, 3.8) is 0 Å². The van der Waals surface area contributed by atoms with Gasteiger partial charge in [-0.1, -0.05) is 52.7 Å². The van der Waals surface area contributed by atoms with Crippen LogP contribution in [-0.2, 0) is 19.1 Å². The maximum absolute atomic E-state index is 13.8.